The number of carbonyl (C=O) groups excluding carboxylic acids is 1. The molecule has 1 rings (SSSR count). The van der Waals surface area contributed by atoms with E-state index in [1.165, 1.54) is 12.1 Å². The Morgan fingerprint density at radius 1 is 1.23 bits per heavy atom. The summed E-state index contributed by atoms with van der Waals surface area (Å²) in [6, 6.07) is 6.34. The van der Waals surface area contributed by atoms with Crippen LogP contribution in [0.15, 0.2) is 29.2 Å². The van der Waals surface area contributed by atoms with Crippen LogP contribution in [0.4, 0.5) is 0 Å². The van der Waals surface area contributed by atoms with E-state index in [4.69, 9.17) is 4.74 Å². The molecule has 0 unspecified atom stereocenters. The summed E-state index contributed by atoms with van der Waals surface area (Å²) in [5.41, 5.74) is 0.957. The molecule has 0 atom stereocenters. The van der Waals surface area contributed by atoms with Gasteiger partial charge in [0.05, 0.1) is 4.90 Å². The first-order valence-corrected chi connectivity index (χ1v) is 8.53. The van der Waals surface area contributed by atoms with Crippen molar-refractivity contribution in [3.05, 3.63) is 29.8 Å². The average Bonchev–Trinajstić information content (AvgIpc) is 2.46. The van der Waals surface area contributed by atoms with Crippen molar-refractivity contribution >= 4 is 15.9 Å². The summed E-state index contributed by atoms with van der Waals surface area (Å²) in [5.74, 6) is 4.98. The van der Waals surface area contributed by atoms with Crippen LogP contribution in [0.5, 0.6) is 0 Å². The smallest absolute Gasteiger partial charge is 0.264 e. The molecule has 120 valence electrons. The third-order valence-electron chi connectivity index (χ3n) is 2.87. The number of unbranched alkanes of at least 4 members (excludes halogenated alkanes) is 1. The number of rotatable bonds is 8. The fraction of sp³-hybridized carbons (Fsp3) is 0.438. The number of ether oxygens (including phenoxy) is 1. The molecule has 6 heteroatoms. The van der Waals surface area contributed by atoms with Crippen LogP contribution < -0.4 is 4.72 Å². The third-order valence-corrected chi connectivity index (χ3v) is 4.26. The predicted molar refractivity (Wildman–Crippen MR) is 84.6 cm³/mol. The molecule has 0 spiro atoms. The summed E-state index contributed by atoms with van der Waals surface area (Å²) >= 11 is 0. The van der Waals surface area contributed by atoms with Gasteiger partial charge in [0, 0.05) is 13.0 Å². The summed E-state index contributed by atoms with van der Waals surface area (Å²) in [7, 11) is -3.78. The van der Waals surface area contributed by atoms with Gasteiger partial charge in [0.1, 0.15) is 6.61 Å². The van der Waals surface area contributed by atoms with Gasteiger partial charge in [-0.1, -0.05) is 23.6 Å². The van der Waals surface area contributed by atoms with Crippen LogP contribution in [0, 0.1) is 18.8 Å². The van der Waals surface area contributed by atoms with Crippen molar-refractivity contribution in [1.82, 2.24) is 4.72 Å². The normalized spacial score (nSPS) is 10.6. The number of carbonyl (C=O) groups is 1. The van der Waals surface area contributed by atoms with E-state index in [1.807, 2.05) is 6.92 Å². The van der Waals surface area contributed by atoms with E-state index >= 15 is 0 Å². The van der Waals surface area contributed by atoms with Gasteiger partial charge in [-0.2, -0.15) is 0 Å². The highest BCUT2D eigenvalue weighted by atomic mass is 32.2. The SMILES string of the molecule is CC#CCOCCCCC(=O)NS(=O)(=O)c1ccc(C)cc1. The van der Waals surface area contributed by atoms with Gasteiger partial charge in [-0.25, -0.2) is 13.1 Å². The lowest BCUT2D eigenvalue weighted by atomic mass is 10.2. The minimum Gasteiger partial charge on any atom is -0.369 e. The van der Waals surface area contributed by atoms with E-state index in [9.17, 15) is 13.2 Å². The fourth-order valence-electron chi connectivity index (χ4n) is 1.66. The van der Waals surface area contributed by atoms with E-state index in [0.717, 1.165) is 5.56 Å². The Bertz CT molecular complexity index is 639. The molecule has 0 aromatic heterocycles. The van der Waals surface area contributed by atoms with Gasteiger partial charge in [0.15, 0.2) is 0 Å². The Kier molecular flexibility index (Phi) is 7.64. The second-order valence-corrected chi connectivity index (χ2v) is 6.46. The quantitative estimate of drug-likeness (QED) is 0.587. The molecule has 0 saturated heterocycles. The first-order chi connectivity index (χ1) is 10.5. The maximum absolute atomic E-state index is 12.0. The van der Waals surface area contributed by atoms with Crippen molar-refractivity contribution < 1.29 is 17.9 Å². The molecule has 0 aliphatic carbocycles. The van der Waals surface area contributed by atoms with Gasteiger partial charge in [-0.05, 0) is 38.8 Å². The van der Waals surface area contributed by atoms with Gasteiger partial charge < -0.3 is 4.74 Å². The number of hydrogen-bond acceptors (Lipinski definition) is 4. The highest BCUT2D eigenvalue weighted by Gasteiger charge is 2.16. The molecule has 1 aromatic carbocycles. The Morgan fingerprint density at radius 3 is 2.55 bits per heavy atom. The van der Waals surface area contributed by atoms with Gasteiger partial charge in [0.2, 0.25) is 5.91 Å². The van der Waals surface area contributed by atoms with Crippen molar-refractivity contribution in [3.8, 4) is 11.8 Å². The van der Waals surface area contributed by atoms with Gasteiger partial charge >= 0.3 is 0 Å². The highest BCUT2D eigenvalue weighted by molar-refractivity contribution is 7.90. The van der Waals surface area contributed by atoms with Crippen LogP contribution in [0.2, 0.25) is 0 Å². The van der Waals surface area contributed by atoms with Crippen molar-refractivity contribution in [2.75, 3.05) is 13.2 Å². The molecule has 0 fully saturated rings. The van der Waals surface area contributed by atoms with Crippen LogP contribution in [-0.2, 0) is 19.6 Å². The summed E-state index contributed by atoms with van der Waals surface area (Å²) in [6.45, 7) is 4.49. The zero-order valence-electron chi connectivity index (χ0n) is 12.9. The standard InChI is InChI=1S/C16H21NO4S/c1-3-4-12-21-13-6-5-7-16(18)17-22(19,20)15-10-8-14(2)9-11-15/h8-11H,5-7,12-13H2,1-2H3,(H,17,18). The number of benzene rings is 1. The van der Waals surface area contributed by atoms with Crippen LogP contribution >= 0.6 is 0 Å². The Hall–Kier alpha value is -1.84. The van der Waals surface area contributed by atoms with Crippen molar-refractivity contribution in [2.24, 2.45) is 0 Å². The molecule has 22 heavy (non-hydrogen) atoms. The minimum absolute atomic E-state index is 0.0907. The number of sulfonamides is 1. The molecule has 0 aliphatic heterocycles. The number of nitrogens with one attached hydrogen (secondary N) is 1. The maximum Gasteiger partial charge on any atom is 0.264 e. The first kappa shape index (κ1) is 18.2. The largest absolute Gasteiger partial charge is 0.369 e. The minimum atomic E-state index is -3.78. The summed E-state index contributed by atoms with van der Waals surface area (Å²) in [5, 5.41) is 0. The molecule has 5 nitrogen and oxygen atoms in total. The molecule has 0 saturated carbocycles. The number of amides is 1. The van der Waals surface area contributed by atoms with Gasteiger partial charge in [-0.15, -0.1) is 5.92 Å². The molecule has 0 bridgehead atoms. The van der Waals surface area contributed by atoms with Crippen LogP contribution in [0.3, 0.4) is 0 Å². The molecule has 1 N–H and O–H groups in total. The molecule has 0 radical (unpaired) electrons. The predicted octanol–water partition coefficient (Wildman–Crippen LogP) is 2.01. The molecule has 0 heterocycles. The van der Waals surface area contributed by atoms with E-state index < -0.39 is 15.9 Å². The van der Waals surface area contributed by atoms with Crippen LogP contribution in [0.25, 0.3) is 0 Å². The highest BCUT2D eigenvalue weighted by Crippen LogP contribution is 2.10. The average molecular weight is 323 g/mol. The lowest BCUT2D eigenvalue weighted by molar-refractivity contribution is -0.119. The molecular weight excluding hydrogens is 302 g/mol. The lowest BCUT2D eigenvalue weighted by Gasteiger charge is -2.07. The fourth-order valence-corrected chi connectivity index (χ4v) is 2.68. The lowest BCUT2D eigenvalue weighted by Crippen LogP contribution is -2.30. The van der Waals surface area contributed by atoms with E-state index in [1.54, 1.807) is 19.1 Å². The van der Waals surface area contributed by atoms with Gasteiger partial charge in [-0.3, -0.25) is 4.79 Å². The molecular formula is C16H21NO4S. The van der Waals surface area contributed by atoms with Crippen LogP contribution in [0.1, 0.15) is 31.7 Å². The Morgan fingerprint density at radius 2 is 1.91 bits per heavy atom. The van der Waals surface area contributed by atoms with E-state index in [0.29, 0.717) is 26.1 Å². The third kappa shape index (κ3) is 6.74. The van der Waals surface area contributed by atoms with Crippen molar-refractivity contribution in [1.29, 1.82) is 0 Å². The van der Waals surface area contributed by atoms with Gasteiger partial charge in [0.25, 0.3) is 10.0 Å². The van der Waals surface area contributed by atoms with E-state index in [2.05, 4.69) is 16.6 Å². The zero-order valence-corrected chi connectivity index (χ0v) is 13.7. The first-order valence-electron chi connectivity index (χ1n) is 7.05. The molecule has 0 aliphatic rings. The Balaban J connectivity index is 2.34. The topological polar surface area (TPSA) is 72.5 Å². The Labute approximate surface area is 132 Å². The number of aryl methyl sites for hydroxylation is 1. The molecule has 1 aromatic rings. The summed E-state index contributed by atoms with van der Waals surface area (Å²) in [4.78, 5) is 11.8. The van der Waals surface area contributed by atoms with E-state index in [-0.39, 0.29) is 11.3 Å². The maximum atomic E-state index is 12.0. The van der Waals surface area contributed by atoms with Crippen molar-refractivity contribution in [3.63, 3.8) is 0 Å². The van der Waals surface area contributed by atoms with Crippen molar-refractivity contribution in [2.45, 2.75) is 38.0 Å². The second kappa shape index (κ2) is 9.23. The van der Waals surface area contributed by atoms with Crippen LogP contribution in [-0.4, -0.2) is 27.5 Å². The zero-order chi connectivity index (χ0) is 16.4. The summed E-state index contributed by atoms with van der Waals surface area (Å²) in [6.07, 6.45) is 1.39. The summed E-state index contributed by atoms with van der Waals surface area (Å²) < 4.78 is 31.3. The number of hydrogen-bond donors (Lipinski definition) is 1. The molecule has 1 amide bonds. The monoisotopic (exact) mass is 323 g/mol. The second-order valence-electron chi connectivity index (χ2n) is 4.78.